The number of carbonyl (C=O) groups is 1. The molecule has 0 N–H and O–H groups in total. The third-order valence-electron chi connectivity index (χ3n) is 6.08. The van der Waals surface area contributed by atoms with Gasteiger partial charge in [0.2, 0.25) is 0 Å². The van der Waals surface area contributed by atoms with Crippen molar-refractivity contribution in [3.63, 3.8) is 0 Å². The Morgan fingerprint density at radius 1 is 0.892 bits per heavy atom. The Bertz CT molecular complexity index is 1050. The maximum absolute atomic E-state index is 11.9. The summed E-state index contributed by atoms with van der Waals surface area (Å²) in [4.78, 5) is 11.9. The van der Waals surface area contributed by atoms with Gasteiger partial charge in [0.05, 0.1) is 13.2 Å². The van der Waals surface area contributed by atoms with Gasteiger partial charge in [0.25, 0.3) is 0 Å². The van der Waals surface area contributed by atoms with E-state index in [9.17, 15) is 4.79 Å². The van der Waals surface area contributed by atoms with Crippen LogP contribution in [0.1, 0.15) is 91.3 Å². The normalized spacial score (nSPS) is 12.1. The molecule has 0 aliphatic heterocycles. The number of carbonyl (C=O) groups excluding carboxylic acids is 1. The minimum Gasteiger partial charge on any atom is -0.493 e. The number of hydrogen-bond acceptors (Lipinski definition) is 5. The number of ether oxygens (including phenoxy) is 4. The van der Waals surface area contributed by atoms with Crippen LogP contribution in [0.5, 0.6) is 11.5 Å². The van der Waals surface area contributed by atoms with Crippen LogP contribution in [0.3, 0.4) is 0 Å². The lowest BCUT2D eigenvalue weighted by Crippen LogP contribution is -2.19. The monoisotopic (exact) mass is 510 g/mol. The van der Waals surface area contributed by atoms with Crippen LogP contribution < -0.4 is 9.47 Å². The van der Waals surface area contributed by atoms with Gasteiger partial charge in [0, 0.05) is 29.9 Å². The van der Waals surface area contributed by atoms with Crippen molar-refractivity contribution in [2.24, 2.45) is 0 Å². The van der Waals surface area contributed by atoms with Gasteiger partial charge in [-0.3, -0.25) is 0 Å². The van der Waals surface area contributed by atoms with Gasteiger partial charge in [-0.15, -0.1) is 0 Å². The van der Waals surface area contributed by atoms with Crippen LogP contribution in [0.2, 0.25) is 0 Å². The Kier molecular flexibility index (Phi) is 11.2. The van der Waals surface area contributed by atoms with E-state index in [2.05, 4.69) is 60.6 Å². The minimum atomic E-state index is -0.367. The zero-order chi connectivity index (χ0) is 27.6. The average Bonchev–Trinajstić information content (AvgIpc) is 2.83. The molecule has 37 heavy (non-hydrogen) atoms. The maximum Gasteiger partial charge on any atom is 0.330 e. The molecule has 0 saturated heterocycles. The van der Waals surface area contributed by atoms with Crippen molar-refractivity contribution in [1.82, 2.24) is 0 Å². The highest BCUT2D eigenvalue weighted by Gasteiger charge is 2.28. The minimum absolute atomic E-state index is 0.0650. The largest absolute Gasteiger partial charge is 0.493 e. The van der Waals surface area contributed by atoms with Crippen molar-refractivity contribution in [2.45, 2.75) is 85.5 Å². The number of unbranched alkanes of at least 4 members (excludes halogenated alkanes) is 2. The Labute approximate surface area is 224 Å². The summed E-state index contributed by atoms with van der Waals surface area (Å²) in [5.41, 5.74) is 4.92. The Hall–Kier alpha value is -2.79. The lowest BCUT2D eigenvalue weighted by molar-refractivity contribution is -0.137. The molecule has 0 spiro atoms. The molecule has 0 radical (unpaired) electrons. The van der Waals surface area contributed by atoms with E-state index in [4.69, 9.17) is 18.9 Å². The molecule has 0 aromatic heterocycles. The summed E-state index contributed by atoms with van der Waals surface area (Å²) in [5.74, 6) is 1.21. The van der Waals surface area contributed by atoms with E-state index in [0.717, 1.165) is 47.3 Å². The number of benzene rings is 2. The highest BCUT2D eigenvalue weighted by molar-refractivity contribution is 5.88. The zero-order valence-electron chi connectivity index (χ0n) is 24.3. The molecule has 0 amide bonds. The van der Waals surface area contributed by atoms with Crippen LogP contribution in [-0.4, -0.2) is 33.1 Å². The molecular weight excluding hydrogens is 464 g/mol. The molecule has 0 aliphatic carbocycles. The summed E-state index contributed by atoms with van der Waals surface area (Å²) in [6, 6.07) is 10.4. The molecule has 0 unspecified atom stereocenters. The Morgan fingerprint density at radius 2 is 1.62 bits per heavy atom. The third kappa shape index (κ3) is 8.92. The lowest BCUT2D eigenvalue weighted by atomic mass is 9.78. The zero-order valence-corrected chi connectivity index (χ0v) is 24.3. The summed E-state index contributed by atoms with van der Waals surface area (Å²) in [5, 5.41) is 0. The second-order valence-electron chi connectivity index (χ2n) is 11.3. The molecule has 0 heterocycles. The van der Waals surface area contributed by atoms with Gasteiger partial charge >= 0.3 is 5.97 Å². The van der Waals surface area contributed by atoms with Crippen molar-refractivity contribution in [1.29, 1.82) is 0 Å². The van der Waals surface area contributed by atoms with E-state index < -0.39 is 0 Å². The standard InChI is InChI=1S/C32H46O5/c1-10-12-13-18-36-30-26(20-24(31(3,4)5)21-27(30)32(6,7)8)25-19-23(15-17-29(33)35-11-2)14-16-28(25)37-22-34-9/h14-17,19-21H,10-13,18,22H2,1-9H3. The molecular formula is C32H46O5. The molecule has 0 fully saturated rings. The Balaban J connectivity index is 2.81. The van der Waals surface area contributed by atoms with Crippen LogP contribution in [0.15, 0.2) is 36.4 Å². The van der Waals surface area contributed by atoms with Gasteiger partial charge < -0.3 is 18.9 Å². The lowest BCUT2D eigenvalue weighted by Gasteiger charge is -2.30. The van der Waals surface area contributed by atoms with Gasteiger partial charge in [0.1, 0.15) is 11.5 Å². The summed E-state index contributed by atoms with van der Waals surface area (Å²) < 4.78 is 22.9. The van der Waals surface area contributed by atoms with Crippen LogP contribution in [-0.2, 0) is 25.1 Å². The van der Waals surface area contributed by atoms with E-state index in [0.29, 0.717) is 19.0 Å². The maximum atomic E-state index is 11.9. The van der Waals surface area contributed by atoms with Gasteiger partial charge in [-0.25, -0.2) is 4.79 Å². The fourth-order valence-corrected chi connectivity index (χ4v) is 3.97. The van der Waals surface area contributed by atoms with Gasteiger partial charge in [-0.1, -0.05) is 73.4 Å². The summed E-state index contributed by atoms with van der Waals surface area (Å²) in [7, 11) is 1.61. The second-order valence-corrected chi connectivity index (χ2v) is 11.3. The van der Waals surface area contributed by atoms with E-state index >= 15 is 0 Å². The molecule has 5 nitrogen and oxygen atoms in total. The summed E-state index contributed by atoms with van der Waals surface area (Å²) in [6.07, 6.45) is 6.47. The van der Waals surface area contributed by atoms with E-state index in [-0.39, 0.29) is 23.6 Å². The highest BCUT2D eigenvalue weighted by atomic mass is 16.7. The van der Waals surface area contributed by atoms with Gasteiger partial charge in [0.15, 0.2) is 6.79 Å². The van der Waals surface area contributed by atoms with Crippen molar-refractivity contribution in [3.8, 4) is 22.6 Å². The summed E-state index contributed by atoms with van der Waals surface area (Å²) in [6.45, 7) is 18.4. The van der Waals surface area contributed by atoms with Crippen molar-refractivity contribution >= 4 is 12.0 Å². The molecule has 0 atom stereocenters. The van der Waals surface area contributed by atoms with Crippen molar-refractivity contribution in [3.05, 3.63) is 53.1 Å². The van der Waals surface area contributed by atoms with Gasteiger partial charge in [-0.2, -0.15) is 0 Å². The molecule has 0 aliphatic rings. The SMILES string of the molecule is CCCCCOc1c(-c2cc(C=CC(=O)OCC)ccc2OCOC)cc(C(C)(C)C)cc1C(C)(C)C. The topological polar surface area (TPSA) is 54.0 Å². The quantitative estimate of drug-likeness (QED) is 0.125. The molecule has 0 saturated carbocycles. The molecule has 5 heteroatoms. The second kappa shape index (κ2) is 13.7. The van der Waals surface area contributed by atoms with Crippen LogP contribution in [0.4, 0.5) is 0 Å². The molecule has 2 aromatic rings. The first kappa shape index (κ1) is 30.4. The van der Waals surface area contributed by atoms with Crippen LogP contribution >= 0.6 is 0 Å². The Morgan fingerprint density at radius 3 is 2.22 bits per heavy atom. The van der Waals surface area contributed by atoms with Crippen LogP contribution in [0.25, 0.3) is 17.2 Å². The number of hydrogen-bond donors (Lipinski definition) is 0. The number of rotatable bonds is 12. The molecule has 204 valence electrons. The summed E-state index contributed by atoms with van der Waals surface area (Å²) >= 11 is 0. The van der Waals surface area contributed by atoms with Gasteiger partial charge in [-0.05, 0) is 59.6 Å². The fraction of sp³-hybridized carbons (Fsp3) is 0.531. The first-order chi connectivity index (χ1) is 17.4. The van der Waals surface area contributed by atoms with E-state index in [1.165, 1.54) is 11.6 Å². The predicted molar refractivity (Wildman–Crippen MR) is 152 cm³/mol. The first-order valence-corrected chi connectivity index (χ1v) is 13.3. The van der Waals surface area contributed by atoms with E-state index in [1.54, 1.807) is 20.1 Å². The third-order valence-corrected chi connectivity index (χ3v) is 6.08. The fourth-order valence-electron chi connectivity index (χ4n) is 3.97. The van der Waals surface area contributed by atoms with E-state index in [1.807, 2.05) is 18.2 Å². The molecule has 2 aromatic carbocycles. The molecule has 2 rings (SSSR count). The molecule has 0 bridgehead atoms. The first-order valence-electron chi connectivity index (χ1n) is 13.3. The predicted octanol–water partition coefficient (Wildman–Crippen LogP) is 8.08. The number of esters is 1. The number of methoxy groups -OCH3 is 1. The smallest absolute Gasteiger partial charge is 0.330 e. The van der Waals surface area contributed by atoms with Crippen molar-refractivity contribution < 1.29 is 23.7 Å². The average molecular weight is 511 g/mol. The van der Waals surface area contributed by atoms with Crippen LogP contribution in [0, 0.1) is 0 Å². The highest BCUT2D eigenvalue weighted by Crippen LogP contribution is 2.45. The van der Waals surface area contributed by atoms with Crippen molar-refractivity contribution in [2.75, 3.05) is 27.1 Å².